The molecule has 118 valence electrons. The topological polar surface area (TPSA) is 24.5 Å². The molecule has 0 radical (unpaired) electrons. The predicted octanol–water partition coefficient (Wildman–Crippen LogP) is 3.56. The Labute approximate surface area is 140 Å². The molecule has 1 aliphatic heterocycles. The van der Waals surface area contributed by atoms with Crippen molar-refractivity contribution >= 4 is 22.9 Å². The fourth-order valence-corrected chi connectivity index (χ4v) is 3.83. The van der Waals surface area contributed by atoms with Crippen LogP contribution in [0.15, 0.2) is 41.8 Å². The van der Waals surface area contributed by atoms with Crippen LogP contribution in [0.5, 0.6) is 0 Å². The van der Waals surface area contributed by atoms with Gasteiger partial charge in [0.15, 0.2) is 0 Å². The Hall–Kier alpha value is -0.910. The van der Waals surface area contributed by atoms with Crippen LogP contribution >= 0.6 is 22.9 Å². The first-order valence-electron chi connectivity index (χ1n) is 7.64. The SMILES string of the molecule is Clc1ccccc1CNCC(c1cccs1)N1CCOCC1. The van der Waals surface area contributed by atoms with Crippen molar-refractivity contribution in [2.45, 2.75) is 12.6 Å². The Morgan fingerprint density at radius 2 is 2.00 bits per heavy atom. The van der Waals surface area contributed by atoms with Gasteiger partial charge in [0, 0.05) is 36.1 Å². The smallest absolute Gasteiger partial charge is 0.0594 e. The van der Waals surface area contributed by atoms with E-state index in [2.05, 4.69) is 33.8 Å². The van der Waals surface area contributed by atoms with E-state index in [1.807, 2.05) is 29.5 Å². The average Bonchev–Trinajstić information content (AvgIpc) is 3.08. The zero-order chi connectivity index (χ0) is 15.2. The van der Waals surface area contributed by atoms with Gasteiger partial charge in [-0.25, -0.2) is 0 Å². The van der Waals surface area contributed by atoms with Crippen molar-refractivity contribution in [2.24, 2.45) is 0 Å². The Kier molecular flexibility index (Phi) is 5.87. The molecule has 0 bridgehead atoms. The van der Waals surface area contributed by atoms with E-state index in [0.717, 1.165) is 50.0 Å². The van der Waals surface area contributed by atoms with Crippen LogP contribution in [0.1, 0.15) is 16.5 Å². The number of halogens is 1. The molecule has 1 aromatic heterocycles. The molecule has 2 heterocycles. The fraction of sp³-hybridized carbons (Fsp3) is 0.412. The molecule has 0 saturated carbocycles. The van der Waals surface area contributed by atoms with E-state index in [1.54, 1.807) is 0 Å². The number of nitrogens with zero attached hydrogens (tertiary/aromatic N) is 1. The number of ether oxygens (including phenoxy) is 1. The highest BCUT2D eigenvalue weighted by Gasteiger charge is 2.23. The van der Waals surface area contributed by atoms with Crippen LogP contribution in [0.3, 0.4) is 0 Å². The zero-order valence-electron chi connectivity index (χ0n) is 12.5. The zero-order valence-corrected chi connectivity index (χ0v) is 14.1. The Bertz CT molecular complexity index is 570. The lowest BCUT2D eigenvalue weighted by molar-refractivity contribution is 0.0168. The van der Waals surface area contributed by atoms with Crippen LogP contribution in [0, 0.1) is 0 Å². The van der Waals surface area contributed by atoms with E-state index in [9.17, 15) is 0 Å². The van der Waals surface area contributed by atoms with Crippen molar-refractivity contribution in [1.29, 1.82) is 0 Å². The molecular weight excluding hydrogens is 316 g/mol. The van der Waals surface area contributed by atoms with Crippen molar-refractivity contribution in [3.63, 3.8) is 0 Å². The summed E-state index contributed by atoms with van der Waals surface area (Å²) in [5.41, 5.74) is 1.15. The summed E-state index contributed by atoms with van der Waals surface area (Å²) in [6.07, 6.45) is 0. The van der Waals surface area contributed by atoms with Gasteiger partial charge in [-0.05, 0) is 23.1 Å². The van der Waals surface area contributed by atoms with Crippen LogP contribution in [-0.4, -0.2) is 37.7 Å². The van der Waals surface area contributed by atoms with E-state index >= 15 is 0 Å². The Morgan fingerprint density at radius 1 is 1.18 bits per heavy atom. The number of hydrogen-bond acceptors (Lipinski definition) is 4. The van der Waals surface area contributed by atoms with Crippen LogP contribution < -0.4 is 5.32 Å². The summed E-state index contributed by atoms with van der Waals surface area (Å²) in [7, 11) is 0. The highest BCUT2D eigenvalue weighted by atomic mass is 35.5. The van der Waals surface area contributed by atoms with Gasteiger partial charge in [0.1, 0.15) is 0 Å². The summed E-state index contributed by atoms with van der Waals surface area (Å²) >= 11 is 8.05. The lowest BCUT2D eigenvalue weighted by atomic mass is 10.1. The highest BCUT2D eigenvalue weighted by molar-refractivity contribution is 7.10. The maximum Gasteiger partial charge on any atom is 0.0594 e. The average molecular weight is 337 g/mol. The summed E-state index contributed by atoms with van der Waals surface area (Å²) in [4.78, 5) is 3.92. The van der Waals surface area contributed by atoms with E-state index < -0.39 is 0 Å². The number of morpholine rings is 1. The van der Waals surface area contributed by atoms with Crippen LogP contribution in [0.25, 0.3) is 0 Å². The third-order valence-corrected chi connectivity index (χ3v) is 5.31. The number of thiophene rings is 1. The first kappa shape index (κ1) is 16.0. The quantitative estimate of drug-likeness (QED) is 0.872. The minimum Gasteiger partial charge on any atom is -0.379 e. The van der Waals surface area contributed by atoms with Gasteiger partial charge in [0.25, 0.3) is 0 Å². The van der Waals surface area contributed by atoms with Crippen LogP contribution in [0.4, 0.5) is 0 Å². The van der Waals surface area contributed by atoms with E-state index in [0.29, 0.717) is 6.04 Å². The number of benzene rings is 1. The molecule has 3 nitrogen and oxygen atoms in total. The minimum atomic E-state index is 0.409. The number of rotatable bonds is 6. The van der Waals surface area contributed by atoms with E-state index in [4.69, 9.17) is 16.3 Å². The molecule has 1 aliphatic rings. The molecule has 1 atom stereocenters. The third-order valence-electron chi connectivity index (χ3n) is 3.97. The molecule has 0 spiro atoms. The molecule has 1 aromatic carbocycles. The molecule has 1 fully saturated rings. The third kappa shape index (κ3) is 4.09. The van der Waals surface area contributed by atoms with Gasteiger partial charge >= 0.3 is 0 Å². The van der Waals surface area contributed by atoms with Gasteiger partial charge in [0.05, 0.1) is 19.3 Å². The summed E-state index contributed by atoms with van der Waals surface area (Å²) < 4.78 is 5.48. The second kappa shape index (κ2) is 8.09. The molecular formula is C17H21ClN2OS. The second-order valence-corrected chi connectivity index (χ2v) is 6.79. The van der Waals surface area contributed by atoms with Gasteiger partial charge in [-0.1, -0.05) is 35.9 Å². The minimum absolute atomic E-state index is 0.409. The summed E-state index contributed by atoms with van der Waals surface area (Å²) in [6, 6.07) is 12.8. The predicted molar refractivity (Wildman–Crippen MR) is 92.6 cm³/mol. The first-order chi connectivity index (χ1) is 10.8. The molecule has 0 amide bonds. The normalized spacial score (nSPS) is 17.5. The first-order valence-corrected chi connectivity index (χ1v) is 8.89. The lowest BCUT2D eigenvalue weighted by Crippen LogP contribution is -2.42. The van der Waals surface area contributed by atoms with Crippen molar-refractivity contribution in [3.8, 4) is 0 Å². The van der Waals surface area contributed by atoms with Crippen LogP contribution in [0.2, 0.25) is 5.02 Å². The van der Waals surface area contributed by atoms with E-state index in [1.165, 1.54) is 4.88 Å². The van der Waals surface area contributed by atoms with Crippen molar-refractivity contribution in [3.05, 3.63) is 57.2 Å². The largest absolute Gasteiger partial charge is 0.379 e. The molecule has 0 aliphatic carbocycles. The van der Waals surface area contributed by atoms with E-state index in [-0.39, 0.29) is 0 Å². The summed E-state index contributed by atoms with van der Waals surface area (Å²) in [5, 5.41) is 6.55. The van der Waals surface area contributed by atoms with Crippen molar-refractivity contribution in [2.75, 3.05) is 32.8 Å². The molecule has 2 aromatic rings. The van der Waals surface area contributed by atoms with Gasteiger partial charge in [-0.3, -0.25) is 4.90 Å². The molecule has 22 heavy (non-hydrogen) atoms. The van der Waals surface area contributed by atoms with Crippen molar-refractivity contribution < 1.29 is 4.74 Å². The van der Waals surface area contributed by atoms with Gasteiger partial charge in [-0.2, -0.15) is 0 Å². The summed E-state index contributed by atoms with van der Waals surface area (Å²) in [5.74, 6) is 0. The molecule has 1 unspecified atom stereocenters. The highest BCUT2D eigenvalue weighted by Crippen LogP contribution is 2.25. The number of nitrogens with one attached hydrogen (secondary N) is 1. The lowest BCUT2D eigenvalue weighted by Gasteiger charge is -2.34. The summed E-state index contributed by atoms with van der Waals surface area (Å²) in [6.45, 7) is 5.36. The van der Waals surface area contributed by atoms with Gasteiger partial charge in [0.2, 0.25) is 0 Å². The van der Waals surface area contributed by atoms with Gasteiger partial charge in [-0.15, -0.1) is 11.3 Å². The molecule has 3 rings (SSSR count). The standard InChI is InChI=1S/C17H21ClN2OS/c18-15-5-2-1-4-14(15)12-19-13-16(17-6-3-11-22-17)20-7-9-21-10-8-20/h1-6,11,16,19H,7-10,12-13H2. The maximum atomic E-state index is 6.22. The van der Waals surface area contributed by atoms with Crippen molar-refractivity contribution in [1.82, 2.24) is 10.2 Å². The molecule has 1 N–H and O–H groups in total. The fourth-order valence-electron chi connectivity index (χ4n) is 2.76. The number of hydrogen-bond donors (Lipinski definition) is 1. The molecule has 5 heteroatoms. The van der Waals surface area contributed by atoms with Gasteiger partial charge < -0.3 is 10.1 Å². The Morgan fingerprint density at radius 3 is 2.73 bits per heavy atom. The molecule has 1 saturated heterocycles. The second-order valence-electron chi connectivity index (χ2n) is 5.40. The Balaban J connectivity index is 1.62. The van der Waals surface area contributed by atoms with Crippen LogP contribution in [-0.2, 0) is 11.3 Å². The monoisotopic (exact) mass is 336 g/mol. The maximum absolute atomic E-state index is 6.22.